The van der Waals surface area contributed by atoms with E-state index in [0.717, 1.165) is 22.5 Å². The molecule has 0 atom stereocenters. The molecule has 0 radical (unpaired) electrons. The van der Waals surface area contributed by atoms with Crippen molar-refractivity contribution in [1.82, 2.24) is 9.78 Å². The molecule has 3 aromatic rings. The van der Waals surface area contributed by atoms with Crippen molar-refractivity contribution in [2.45, 2.75) is 0 Å². The summed E-state index contributed by atoms with van der Waals surface area (Å²) < 4.78 is 1.80. The van der Waals surface area contributed by atoms with E-state index < -0.39 is 0 Å². The minimum Gasteiger partial charge on any atom is -0.369 e. The molecule has 0 saturated carbocycles. The third-order valence-corrected chi connectivity index (χ3v) is 3.18. The Kier molecular flexibility index (Phi) is 4.15. The number of guanidine groups is 1. The Hall–Kier alpha value is -3.41. The zero-order chi connectivity index (χ0) is 16.1. The number of nitrogens with zero attached hydrogens (tertiary/aromatic N) is 4. The van der Waals surface area contributed by atoms with E-state index in [1.807, 2.05) is 66.9 Å². The maximum atomic E-state index is 5.30. The maximum absolute atomic E-state index is 5.30. The van der Waals surface area contributed by atoms with E-state index >= 15 is 0 Å². The van der Waals surface area contributed by atoms with Crippen LogP contribution in [0.5, 0.6) is 0 Å². The highest BCUT2D eigenvalue weighted by atomic mass is 15.3. The van der Waals surface area contributed by atoms with Crippen LogP contribution in [-0.4, -0.2) is 22.0 Å². The number of nitrogens with two attached hydrogens (primary N) is 2. The van der Waals surface area contributed by atoms with Crippen LogP contribution in [0.4, 0.5) is 0 Å². The lowest BCUT2D eigenvalue weighted by molar-refractivity contribution is 0.884. The monoisotopic (exact) mass is 304 g/mol. The van der Waals surface area contributed by atoms with Gasteiger partial charge in [0.05, 0.1) is 11.9 Å². The van der Waals surface area contributed by atoms with Gasteiger partial charge in [-0.1, -0.05) is 48.5 Å². The third-order valence-electron chi connectivity index (χ3n) is 3.18. The Morgan fingerprint density at radius 3 is 2.26 bits per heavy atom. The Labute approximate surface area is 133 Å². The molecule has 0 aliphatic rings. The Balaban J connectivity index is 2.07. The zero-order valence-corrected chi connectivity index (χ0v) is 12.4. The lowest BCUT2D eigenvalue weighted by Crippen LogP contribution is -2.21. The molecule has 0 unspecified atom stereocenters. The van der Waals surface area contributed by atoms with Gasteiger partial charge in [-0.2, -0.15) is 10.2 Å². The molecule has 0 amide bonds. The molecular formula is C17H16N6. The quantitative estimate of drug-likeness (QED) is 0.439. The van der Waals surface area contributed by atoms with E-state index in [-0.39, 0.29) is 5.96 Å². The molecule has 1 aromatic heterocycles. The Bertz CT molecular complexity index is 830. The average molecular weight is 304 g/mol. The molecule has 0 spiro atoms. The molecule has 6 nitrogen and oxygen atoms in total. The summed E-state index contributed by atoms with van der Waals surface area (Å²) in [6, 6.07) is 19.8. The van der Waals surface area contributed by atoms with Crippen molar-refractivity contribution in [3.05, 3.63) is 72.4 Å². The molecule has 4 N–H and O–H groups in total. The molecule has 6 heteroatoms. The van der Waals surface area contributed by atoms with Crippen molar-refractivity contribution in [2.24, 2.45) is 21.7 Å². The number of hydrogen-bond donors (Lipinski definition) is 2. The van der Waals surface area contributed by atoms with Crippen LogP contribution in [0.1, 0.15) is 5.56 Å². The van der Waals surface area contributed by atoms with Crippen LogP contribution in [0, 0.1) is 0 Å². The van der Waals surface area contributed by atoms with Crippen molar-refractivity contribution in [2.75, 3.05) is 0 Å². The van der Waals surface area contributed by atoms with Gasteiger partial charge in [0, 0.05) is 17.3 Å². The van der Waals surface area contributed by atoms with Crippen molar-refractivity contribution >= 4 is 12.2 Å². The predicted molar refractivity (Wildman–Crippen MR) is 92.4 cm³/mol. The van der Waals surface area contributed by atoms with E-state index in [9.17, 15) is 0 Å². The van der Waals surface area contributed by atoms with Gasteiger partial charge in [-0.3, -0.25) is 0 Å². The van der Waals surface area contributed by atoms with Gasteiger partial charge in [-0.15, -0.1) is 5.10 Å². The van der Waals surface area contributed by atoms with Crippen LogP contribution in [-0.2, 0) is 0 Å². The average Bonchev–Trinajstić information content (AvgIpc) is 3.00. The first-order valence-electron chi connectivity index (χ1n) is 7.06. The standard InChI is InChI=1S/C17H16N6/c18-17(19)21-20-11-14-12-23(15-9-5-2-6-10-15)22-16(14)13-7-3-1-4-8-13/h1-12H,(H4,18,19,21). The van der Waals surface area contributed by atoms with Gasteiger partial charge in [-0.05, 0) is 12.1 Å². The van der Waals surface area contributed by atoms with Crippen molar-refractivity contribution in [3.63, 3.8) is 0 Å². The first-order valence-corrected chi connectivity index (χ1v) is 7.06. The van der Waals surface area contributed by atoms with Crippen LogP contribution in [0.25, 0.3) is 16.9 Å². The molecule has 0 fully saturated rings. The van der Waals surface area contributed by atoms with Gasteiger partial charge in [0.15, 0.2) is 0 Å². The van der Waals surface area contributed by atoms with Gasteiger partial charge in [-0.25, -0.2) is 4.68 Å². The smallest absolute Gasteiger partial charge is 0.211 e. The highest BCUT2D eigenvalue weighted by Gasteiger charge is 2.10. The number of para-hydroxylation sites is 1. The second kappa shape index (κ2) is 6.57. The SMILES string of the molecule is NC(N)=NN=Cc1cn(-c2ccccc2)nc1-c1ccccc1. The molecule has 0 aliphatic heterocycles. The molecule has 0 aliphatic carbocycles. The van der Waals surface area contributed by atoms with E-state index in [4.69, 9.17) is 11.5 Å². The second-order valence-corrected chi connectivity index (χ2v) is 4.85. The highest BCUT2D eigenvalue weighted by molar-refractivity contribution is 5.89. The first kappa shape index (κ1) is 14.5. The van der Waals surface area contributed by atoms with Crippen LogP contribution >= 0.6 is 0 Å². The summed E-state index contributed by atoms with van der Waals surface area (Å²) in [6.07, 6.45) is 3.48. The molecule has 1 heterocycles. The number of aromatic nitrogens is 2. The van der Waals surface area contributed by atoms with Crippen molar-refractivity contribution < 1.29 is 0 Å². The molecule has 0 saturated heterocycles. The lowest BCUT2D eigenvalue weighted by atomic mass is 10.1. The van der Waals surface area contributed by atoms with Crippen LogP contribution in [0.3, 0.4) is 0 Å². The van der Waals surface area contributed by atoms with Crippen molar-refractivity contribution in [1.29, 1.82) is 0 Å². The van der Waals surface area contributed by atoms with E-state index in [1.165, 1.54) is 0 Å². The van der Waals surface area contributed by atoms with E-state index in [2.05, 4.69) is 15.3 Å². The third kappa shape index (κ3) is 3.44. The Morgan fingerprint density at radius 2 is 1.61 bits per heavy atom. The molecule has 114 valence electrons. The fourth-order valence-corrected chi connectivity index (χ4v) is 2.17. The van der Waals surface area contributed by atoms with Gasteiger partial charge < -0.3 is 11.5 Å². The first-order chi connectivity index (χ1) is 11.2. The summed E-state index contributed by atoms with van der Waals surface area (Å²) >= 11 is 0. The zero-order valence-electron chi connectivity index (χ0n) is 12.4. The van der Waals surface area contributed by atoms with Crippen LogP contribution in [0.2, 0.25) is 0 Å². The minimum atomic E-state index is -0.0852. The molecular weight excluding hydrogens is 288 g/mol. The molecule has 23 heavy (non-hydrogen) atoms. The van der Waals surface area contributed by atoms with Crippen molar-refractivity contribution in [3.8, 4) is 16.9 Å². The van der Waals surface area contributed by atoms with E-state index in [1.54, 1.807) is 10.9 Å². The van der Waals surface area contributed by atoms with Gasteiger partial charge in [0.2, 0.25) is 5.96 Å². The highest BCUT2D eigenvalue weighted by Crippen LogP contribution is 2.22. The topological polar surface area (TPSA) is 94.6 Å². The largest absolute Gasteiger partial charge is 0.369 e. The minimum absolute atomic E-state index is 0.0852. The van der Waals surface area contributed by atoms with Crippen LogP contribution in [0.15, 0.2) is 77.1 Å². The summed E-state index contributed by atoms with van der Waals surface area (Å²) in [5.41, 5.74) is 14.2. The molecule has 2 aromatic carbocycles. The van der Waals surface area contributed by atoms with E-state index in [0.29, 0.717) is 0 Å². The number of rotatable bonds is 4. The molecule has 0 bridgehead atoms. The Morgan fingerprint density at radius 1 is 0.957 bits per heavy atom. The fourth-order valence-electron chi connectivity index (χ4n) is 2.17. The van der Waals surface area contributed by atoms with Gasteiger partial charge in [0.25, 0.3) is 0 Å². The van der Waals surface area contributed by atoms with Crippen LogP contribution < -0.4 is 11.5 Å². The number of hydrogen-bond acceptors (Lipinski definition) is 3. The molecule has 3 rings (SSSR count). The fraction of sp³-hybridized carbons (Fsp3) is 0. The summed E-state index contributed by atoms with van der Waals surface area (Å²) in [4.78, 5) is 0. The normalized spacial score (nSPS) is 10.8. The maximum Gasteiger partial charge on any atom is 0.211 e. The lowest BCUT2D eigenvalue weighted by Gasteiger charge is -2.00. The van der Waals surface area contributed by atoms with Gasteiger partial charge in [0.1, 0.15) is 5.69 Å². The summed E-state index contributed by atoms with van der Waals surface area (Å²) in [7, 11) is 0. The number of benzene rings is 2. The summed E-state index contributed by atoms with van der Waals surface area (Å²) in [6.45, 7) is 0. The second-order valence-electron chi connectivity index (χ2n) is 4.85. The van der Waals surface area contributed by atoms with Gasteiger partial charge >= 0.3 is 0 Å². The summed E-state index contributed by atoms with van der Waals surface area (Å²) in [5, 5.41) is 12.2. The summed E-state index contributed by atoms with van der Waals surface area (Å²) in [5.74, 6) is -0.0852. The predicted octanol–water partition coefficient (Wildman–Crippen LogP) is 2.15.